The van der Waals surface area contributed by atoms with E-state index in [1.54, 1.807) is 12.4 Å². The molecule has 0 aliphatic carbocycles. The Labute approximate surface area is 142 Å². The molecule has 6 heteroatoms. The summed E-state index contributed by atoms with van der Waals surface area (Å²) >= 11 is 0. The fourth-order valence-corrected chi connectivity index (χ4v) is 3.11. The molecule has 0 bridgehead atoms. The minimum absolute atomic E-state index is 0.0274. The third kappa shape index (κ3) is 3.82. The van der Waals surface area contributed by atoms with Crippen molar-refractivity contribution in [2.75, 3.05) is 13.2 Å². The van der Waals surface area contributed by atoms with Crippen LogP contribution in [0.15, 0.2) is 30.7 Å². The maximum Gasteiger partial charge on any atom is 0.255 e. The molecular weight excluding hydrogens is 304 g/mol. The quantitative estimate of drug-likeness (QED) is 0.880. The number of rotatable bonds is 6. The Morgan fingerprint density at radius 2 is 2.17 bits per heavy atom. The van der Waals surface area contributed by atoms with Crippen molar-refractivity contribution < 1.29 is 9.53 Å². The Balaban J connectivity index is 1.64. The highest BCUT2D eigenvalue weighted by molar-refractivity contribution is 5.95. The number of hydrogen-bond acceptors (Lipinski definition) is 4. The predicted octanol–water partition coefficient (Wildman–Crippen LogP) is 1.98. The summed E-state index contributed by atoms with van der Waals surface area (Å²) in [4.78, 5) is 16.7. The van der Waals surface area contributed by atoms with Gasteiger partial charge in [-0.1, -0.05) is 6.92 Å². The Morgan fingerprint density at radius 3 is 2.92 bits per heavy atom. The molecule has 0 saturated carbocycles. The summed E-state index contributed by atoms with van der Waals surface area (Å²) in [5, 5.41) is 7.53. The lowest BCUT2D eigenvalue weighted by atomic mass is 9.95. The van der Waals surface area contributed by atoms with Gasteiger partial charge in [-0.15, -0.1) is 0 Å². The van der Waals surface area contributed by atoms with Gasteiger partial charge in [0.05, 0.1) is 30.5 Å². The number of carbonyl (C=O) groups is 1. The summed E-state index contributed by atoms with van der Waals surface area (Å²) in [7, 11) is 0. The molecule has 0 aromatic carbocycles. The van der Waals surface area contributed by atoms with Crippen LogP contribution in [-0.2, 0) is 17.7 Å². The van der Waals surface area contributed by atoms with Crippen molar-refractivity contribution >= 4 is 5.91 Å². The highest BCUT2D eigenvalue weighted by atomic mass is 16.5. The fraction of sp³-hybridized carbons (Fsp3) is 0.500. The number of carbonyl (C=O) groups excluding carboxylic acids is 1. The summed E-state index contributed by atoms with van der Waals surface area (Å²) in [6.07, 6.45) is 7.30. The zero-order valence-corrected chi connectivity index (χ0v) is 14.2. The van der Waals surface area contributed by atoms with Gasteiger partial charge in [-0.2, -0.15) is 5.10 Å². The fourth-order valence-electron chi connectivity index (χ4n) is 3.11. The maximum atomic E-state index is 12.6. The molecule has 1 amide bonds. The van der Waals surface area contributed by atoms with Crippen LogP contribution < -0.4 is 5.32 Å². The van der Waals surface area contributed by atoms with E-state index in [4.69, 9.17) is 4.74 Å². The second kappa shape index (κ2) is 7.57. The molecule has 1 N–H and O–H groups in total. The van der Waals surface area contributed by atoms with Crippen LogP contribution >= 0.6 is 0 Å². The van der Waals surface area contributed by atoms with Crippen molar-refractivity contribution in [2.45, 2.75) is 39.3 Å². The van der Waals surface area contributed by atoms with E-state index in [-0.39, 0.29) is 17.9 Å². The molecule has 1 fully saturated rings. The van der Waals surface area contributed by atoms with Crippen molar-refractivity contribution in [1.82, 2.24) is 20.1 Å². The van der Waals surface area contributed by atoms with Gasteiger partial charge in [0, 0.05) is 31.1 Å². The average Bonchev–Trinajstić information content (AvgIpc) is 3.15. The highest BCUT2D eigenvalue weighted by Crippen LogP contribution is 2.19. The molecule has 1 aliphatic rings. The van der Waals surface area contributed by atoms with Crippen molar-refractivity contribution in [3.63, 3.8) is 0 Å². The third-order valence-electron chi connectivity index (χ3n) is 4.41. The predicted molar refractivity (Wildman–Crippen MR) is 90.8 cm³/mol. The molecule has 6 nitrogen and oxygen atoms in total. The van der Waals surface area contributed by atoms with E-state index in [9.17, 15) is 4.79 Å². The van der Waals surface area contributed by atoms with E-state index in [1.807, 2.05) is 29.9 Å². The monoisotopic (exact) mass is 328 g/mol. The van der Waals surface area contributed by atoms with Crippen LogP contribution in [0.3, 0.4) is 0 Å². The van der Waals surface area contributed by atoms with Crippen LogP contribution in [0.25, 0.3) is 0 Å². The SMILES string of the molecule is CCCn1cc(C(=O)NC2COCC2Cc2ccncc2)c(C)n1. The second-order valence-corrected chi connectivity index (χ2v) is 6.33. The summed E-state index contributed by atoms with van der Waals surface area (Å²) in [6.45, 7) is 6.02. The van der Waals surface area contributed by atoms with E-state index < -0.39 is 0 Å². The molecule has 3 heterocycles. The minimum atomic E-state index is -0.0647. The zero-order chi connectivity index (χ0) is 16.9. The van der Waals surface area contributed by atoms with Gasteiger partial charge in [0.15, 0.2) is 0 Å². The lowest BCUT2D eigenvalue weighted by Gasteiger charge is -2.19. The summed E-state index contributed by atoms with van der Waals surface area (Å²) in [5.41, 5.74) is 2.63. The summed E-state index contributed by atoms with van der Waals surface area (Å²) in [5.74, 6) is 0.215. The Kier molecular flexibility index (Phi) is 5.25. The number of ether oxygens (including phenoxy) is 1. The third-order valence-corrected chi connectivity index (χ3v) is 4.41. The molecule has 2 unspecified atom stereocenters. The van der Waals surface area contributed by atoms with Gasteiger partial charge in [0.2, 0.25) is 0 Å². The largest absolute Gasteiger partial charge is 0.379 e. The number of aryl methyl sites for hydroxylation is 2. The van der Waals surface area contributed by atoms with Crippen LogP contribution in [0.1, 0.15) is 35.0 Å². The van der Waals surface area contributed by atoms with E-state index >= 15 is 0 Å². The second-order valence-electron chi connectivity index (χ2n) is 6.33. The van der Waals surface area contributed by atoms with E-state index in [0.29, 0.717) is 18.8 Å². The number of hydrogen-bond donors (Lipinski definition) is 1. The van der Waals surface area contributed by atoms with Gasteiger partial charge in [0.25, 0.3) is 5.91 Å². The molecule has 0 radical (unpaired) electrons. The first-order valence-electron chi connectivity index (χ1n) is 8.49. The number of nitrogens with one attached hydrogen (secondary N) is 1. The van der Waals surface area contributed by atoms with E-state index in [1.165, 1.54) is 5.56 Å². The van der Waals surface area contributed by atoms with Crippen molar-refractivity contribution in [3.05, 3.63) is 47.5 Å². The standard InChI is InChI=1S/C18H24N4O2/c1-3-8-22-10-16(13(2)21-22)18(23)20-17-12-24-11-15(17)9-14-4-6-19-7-5-14/h4-7,10,15,17H,3,8-9,11-12H2,1-2H3,(H,20,23). The Bertz CT molecular complexity index is 684. The van der Waals surface area contributed by atoms with Crippen LogP contribution in [-0.4, -0.2) is 39.9 Å². The van der Waals surface area contributed by atoms with Crippen LogP contribution in [0.4, 0.5) is 0 Å². The molecule has 0 spiro atoms. The summed E-state index contributed by atoms with van der Waals surface area (Å²) < 4.78 is 7.44. The molecule has 2 aromatic heterocycles. The lowest BCUT2D eigenvalue weighted by Crippen LogP contribution is -2.40. The number of amides is 1. The normalized spacial score (nSPS) is 20.2. The Morgan fingerprint density at radius 1 is 1.38 bits per heavy atom. The topological polar surface area (TPSA) is 69.0 Å². The zero-order valence-electron chi connectivity index (χ0n) is 14.2. The van der Waals surface area contributed by atoms with Crippen LogP contribution in [0, 0.1) is 12.8 Å². The molecule has 1 aliphatic heterocycles. The van der Waals surface area contributed by atoms with Gasteiger partial charge >= 0.3 is 0 Å². The van der Waals surface area contributed by atoms with Crippen molar-refractivity contribution in [1.29, 1.82) is 0 Å². The van der Waals surface area contributed by atoms with E-state index in [2.05, 4.69) is 22.3 Å². The highest BCUT2D eigenvalue weighted by Gasteiger charge is 2.30. The average molecular weight is 328 g/mol. The van der Waals surface area contributed by atoms with Gasteiger partial charge in [0.1, 0.15) is 0 Å². The molecule has 2 atom stereocenters. The van der Waals surface area contributed by atoms with Crippen LogP contribution in [0.2, 0.25) is 0 Å². The van der Waals surface area contributed by atoms with E-state index in [0.717, 1.165) is 25.1 Å². The minimum Gasteiger partial charge on any atom is -0.379 e. The molecule has 2 aromatic rings. The van der Waals surface area contributed by atoms with Gasteiger partial charge in [-0.05, 0) is 37.5 Å². The van der Waals surface area contributed by atoms with Crippen molar-refractivity contribution in [3.8, 4) is 0 Å². The number of pyridine rings is 1. The first kappa shape index (κ1) is 16.6. The molecular formula is C18H24N4O2. The first-order chi connectivity index (χ1) is 11.7. The Hall–Kier alpha value is -2.21. The lowest BCUT2D eigenvalue weighted by molar-refractivity contribution is 0.0924. The molecule has 3 rings (SSSR count). The maximum absolute atomic E-state index is 12.6. The molecule has 128 valence electrons. The first-order valence-corrected chi connectivity index (χ1v) is 8.49. The van der Waals surface area contributed by atoms with Gasteiger partial charge < -0.3 is 10.1 Å². The van der Waals surface area contributed by atoms with Crippen molar-refractivity contribution in [2.24, 2.45) is 5.92 Å². The number of aromatic nitrogens is 3. The van der Waals surface area contributed by atoms with Gasteiger partial charge in [-0.3, -0.25) is 14.5 Å². The molecule has 24 heavy (non-hydrogen) atoms. The number of nitrogens with zero attached hydrogens (tertiary/aromatic N) is 3. The smallest absolute Gasteiger partial charge is 0.255 e. The van der Waals surface area contributed by atoms with Gasteiger partial charge in [-0.25, -0.2) is 0 Å². The molecule has 1 saturated heterocycles. The van der Waals surface area contributed by atoms with Crippen LogP contribution in [0.5, 0.6) is 0 Å². The summed E-state index contributed by atoms with van der Waals surface area (Å²) in [6, 6.07) is 4.05.